The van der Waals surface area contributed by atoms with E-state index in [4.69, 9.17) is 11.6 Å². The molecule has 1 rings (SSSR count). The molecule has 0 atom stereocenters. The van der Waals surface area contributed by atoms with Crippen LogP contribution in [0.25, 0.3) is 0 Å². The van der Waals surface area contributed by atoms with Crippen LogP contribution in [0.1, 0.15) is 24.2 Å². The highest BCUT2D eigenvalue weighted by molar-refractivity contribution is 14.1. The first-order chi connectivity index (χ1) is 7.85. The standard InChI is InChI=1S/C12H15ClINOS/c1-12(2,17-3)7-15-11(16)8-4-5-10(14)9(13)6-8/h4-6H,7H2,1-3H3,(H,15,16). The van der Waals surface area contributed by atoms with Gasteiger partial charge < -0.3 is 5.32 Å². The lowest BCUT2D eigenvalue weighted by Gasteiger charge is -2.22. The summed E-state index contributed by atoms with van der Waals surface area (Å²) in [6, 6.07) is 5.33. The van der Waals surface area contributed by atoms with Crippen molar-refractivity contribution in [1.82, 2.24) is 5.32 Å². The van der Waals surface area contributed by atoms with Crippen molar-refractivity contribution in [1.29, 1.82) is 0 Å². The minimum atomic E-state index is -0.0783. The Morgan fingerprint density at radius 2 is 2.18 bits per heavy atom. The van der Waals surface area contributed by atoms with Gasteiger partial charge in [0.25, 0.3) is 5.91 Å². The summed E-state index contributed by atoms with van der Waals surface area (Å²) < 4.78 is 0.994. The summed E-state index contributed by atoms with van der Waals surface area (Å²) in [5.41, 5.74) is 0.604. The molecular weight excluding hydrogens is 369 g/mol. The molecule has 0 heterocycles. The average Bonchev–Trinajstić information content (AvgIpc) is 2.30. The first kappa shape index (κ1) is 15.1. The quantitative estimate of drug-likeness (QED) is 0.801. The Labute approximate surface area is 125 Å². The molecule has 5 heteroatoms. The van der Waals surface area contributed by atoms with Crippen molar-refractivity contribution >= 4 is 51.9 Å². The van der Waals surface area contributed by atoms with Crippen LogP contribution >= 0.6 is 46.0 Å². The van der Waals surface area contributed by atoms with E-state index in [9.17, 15) is 4.79 Å². The Kier molecular flexibility index (Phi) is 5.60. The zero-order chi connectivity index (χ0) is 13.1. The summed E-state index contributed by atoms with van der Waals surface area (Å²) in [6.07, 6.45) is 2.04. The summed E-state index contributed by atoms with van der Waals surface area (Å²) in [5.74, 6) is -0.0783. The Morgan fingerprint density at radius 3 is 2.71 bits per heavy atom. The predicted octanol–water partition coefficient (Wildman–Crippen LogP) is 3.82. The molecule has 0 aliphatic carbocycles. The van der Waals surface area contributed by atoms with Crippen LogP contribution in [0, 0.1) is 3.57 Å². The summed E-state index contributed by atoms with van der Waals surface area (Å²) >= 11 is 9.85. The highest BCUT2D eigenvalue weighted by atomic mass is 127. The van der Waals surface area contributed by atoms with Crippen molar-refractivity contribution < 1.29 is 4.79 Å². The SMILES string of the molecule is CSC(C)(C)CNC(=O)c1ccc(I)c(Cl)c1. The van der Waals surface area contributed by atoms with E-state index in [-0.39, 0.29) is 10.7 Å². The van der Waals surface area contributed by atoms with Crippen LogP contribution in [0.2, 0.25) is 5.02 Å². The van der Waals surface area contributed by atoms with E-state index in [1.54, 1.807) is 23.9 Å². The van der Waals surface area contributed by atoms with E-state index in [2.05, 4.69) is 41.8 Å². The monoisotopic (exact) mass is 383 g/mol. The molecule has 2 nitrogen and oxygen atoms in total. The first-order valence-electron chi connectivity index (χ1n) is 5.14. The molecular formula is C12H15ClINOS. The van der Waals surface area contributed by atoms with Crippen molar-refractivity contribution in [2.75, 3.05) is 12.8 Å². The fourth-order valence-corrected chi connectivity index (χ4v) is 1.84. The number of amides is 1. The molecule has 94 valence electrons. The van der Waals surface area contributed by atoms with Crippen LogP contribution in [0.3, 0.4) is 0 Å². The van der Waals surface area contributed by atoms with Crippen molar-refractivity contribution in [2.24, 2.45) is 0 Å². The van der Waals surface area contributed by atoms with E-state index < -0.39 is 0 Å². The van der Waals surface area contributed by atoms with Crippen LogP contribution in [0.15, 0.2) is 18.2 Å². The van der Waals surface area contributed by atoms with Gasteiger partial charge in [-0.25, -0.2) is 0 Å². The molecule has 1 aromatic carbocycles. The molecule has 1 aromatic rings. The Balaban J connectivity index is 2.68. The van der Waals surface area contributed by atoms with Crippen LogP contribution in [0.4, 0.5) is 0 Å². The predicted molar refractivity (Wildman–Crippen MR) is 84.1 cm³/mol. The van der Waals surface area contributed by atoms with Gasteiger partial charge in [0.05, 0.1) is 5.02 Å². The Morgan fingerprint density at radius 1 is 1.53 bits per heavy atom. The van der Waals surface area contributed by atoms with Gasteiger partial charge in [-0.2, -0.15) is 11.8 Å². The maximum Gasteiger partial charge on any atom is 0.251 e. The number of hydrogen-bond donors (Lipinski definition) is 1. The minimum Gasteiger partial charge on any atom is -0.351 e. The molecule has 0 saturated heterocycles. The fourth-order valence-electron chi connectivity index (χ4n) is 1.10. The van der Waals surface area contributed by atoms with Gasteiger partial charge in [0.1, 0.15) is 0 Å². The maximum absolute atomic E-state index is 11.9. The van der Waals surface area contributed by atoms with Gasteiger partial charge in [-0.3, -0.25) is 4.79 Å². The summed E-state index contributed by atoms with van der Waals surface area (Å²) in [6.45, 7) is 4.83. The lowest BCUT2D eigenvalue weighted by Crippen LogP contribution is -2.36. The molecule has 17 heavy (non-hydrogen) atoms. The van der Waals surface area contributed by atoms with Gasteiger partial charge >= 0.3 is 0 Å². The van der Waals surface area contributed by atoms with Crippen LogP contribution in [0.5, 0.6) is 0 Å². The Bertz CT molecular complexity index is 423. The molecule has 1 amide bonds. The molecule has 0 bridgehead atoms. The van der Waals surface area contributed by atoms with Crippen molar-refractivity contribution in [3.8, 4) is 0 Å². The first-order valence-corrected chi connectivity index (χ1v) is 7.82. The minimum absolute atomic E-state index is 0.0443. The number of hydrogen-bond acceptors (Lipinski definition) is 2. The topological polar surface area (TPSA) is 29.1 Å². The second-order valence-electron chi connectivity index (χ2n) is 4.28. The number of benzene rings is 1. The van der Waals surface area contributed by atoms with Gasteiger partial charge in [-0.1, -0.05) is 11.6 Å². The zero-order valence-corrected chi connectivity index (χ0v) is 13.7. The van der Waals surface area contributed by atoms with Crippen molar-refractivity contribution in [2.45, 2.75) is 18.6 Å². The average molecular weight is 384 g/mol. The molecule has 1 N–H and O–H groups in total. The molecule has 0 saturated carbocycles. The van der Waals surface area contributed by atoms with Gasteiger partial charge in [0, 0.05) is 20.4 Å². The highest BCUT2D eigenvalue weighted by Crippen LogP contribution is 2.21. The van der Waals surface area contributed by atoms with E-state index in [0.717, 1.165) is 3.57 Å². The van der Waals surface area contributed by atoms with Gasteiger partial charge in [-0.05, 0) is 60.9 Å². The number of carbonyl (C=O) groups is 1. The summed E-state index contributed by atoms with van der Waals surface area (Å²) in [4.78, 5) is 11.9. The normalized spacial score (nSPS) is 11.4. The third-order valence-electron chi connectivity index (χ3n) is 2.41. The lowest BCUT2D eigenvalue weighted by molar-refractivity contribution is 0.0951. The van der Waals surface area contributed by atoms with Crippen molar-refractivity contribution in [3.05, 3.63) is 32.4 Å². The second-order valence-corrected chi connectivity index (χ2v) is 7.36. The van der Waals surface area contributed by atoms with E-state index in [0.29, 0.717) is 17.1 Å². The van der Waals surface area contributed by atoms with Crippen LogP contribution in [-0.4, -0.2) is 23.5 Å². The second kappa shape index (κ2) is 6.29. The lowest BCUT2D eigenvalue weighted by atomic mass is 10.2. The number of rotatable bonds is 4. The van der Waals surface area contributed by atoms with Crippen molar-refractivity contribution in [3.63, 3.8) is 0 Å². The third kappa shape index (κ3) is 4.67. The highest BCUT2D eigenvalue weighted by Gasteiger charge is 2.17. The van der Waals surface area contributed by atoms with Gasteiger partial charge in [0.15, 0.2) is 0 Å². The number of halogens is 2. The number of thioether (sulfide) groups is 1. The number of nitrogens with one attached hydrogen (secondary N) is 1. The zero-order valence-electron chi connectivity index (χ0n) is 10.0. The van der Waals surface area contributed by atoms with Crippen LogP contribution < -0.4 is 5.32 Å². The van der Waals surface area contributed by atoms with Gasteiger partial charge in [-0.15, -0.1) is 0 Å². The Hall–Kier alpha value is 0.0600. The summed E-state index contributed by atoms with van der Waals surface area (Å²) in [7, 11) is 0. The van der Waals surface area contributed by atoms with E-state index in [1.807, 2.05) is 12.3 Å². The maximum atomic E-state index is 11.9. The van der Waals surface area contributed by atoms with E-state index in [1.165, 1.54) is 0 Å². The molecule has 0 aromatic heterocycles. The smallest absolute Gasteiger partial charge is 0.251 e. The molecule has 0 unspecified atom stereocenters. The van der Waals surface area contributed by atoms with Crippen LogP contribution in [-0.2, 0) is 0 Å². The molecule has 0 aliphatic rings. The molecule has 0 fully saturated rings. The molecule has 0 aliphatic heterocycles. The van der Waals surface area contributed by atoms with E-state index >= 15 is 0 Å². The molecule has 0 spiro atoms. The summed E-state index contributed by atoms with van der Waals surface area (Å²) in [5, 5.41) is 3.53. The number of carbonyl (C=O) groups excluding carboxylic acids is 1. The fraction of sp³-hybridized carbons (Fsp3) is 0.417. The third-order valence-corrected chi connectivity index (χ3v) is 5.23. The van der Waals surface area contributed by atoms with Gasteiger partial charge in [0.2, 0.25) is 0 Å². The molecule has 0 radical (unpaired) electrons. The largest absolute Gasteiger partial charge is 0.351 e.